The number of nitrogens with one attached hydrogen (secondary N) is 1. The lowest BCUT2D eigenvalue weighted by Crippen LogP contribution is -2.22. The van der Waals surface area contributed by atoms with Crippen LogP contribution in [0, 0.1) is 6.92 Å². The van der Waals surface area contributed by atoms with Gasteiger partial charge in [0.15, 0.2) is 0 Å². The Kier molecular flexibility index (Phi) is 4.78. The first-order chi connectivity index (χ1) is 9.08. The normalized spacial score (nSPS) is 14.1. The van der Waals surface area contributed by atoms with Crippen LogP contribution in [0.15, 0.2) is 53.0 Å². The lowest BCUT2D eigenvalue weighted by molar-refractivity contribution is 0.493. The van der Waals surface area contributed by atoms with Crippen molar-refractivity contribution >= 4 is 15.9 Å². The van der Waals surface area contributed by atoms with E-state index in [9.17, 15) is 0 Å². The number of halogens is 1. The Balaban J connectivity index is 2.08. The summed E-state index contributed by atoms with van der Waals surface area (Å²) >= 11 is 3.61. The first kappa shape index (κ1) is 14.3. The molecule has 0 amide bonds. The fourth-order valence-electron chi connectivity index (χ4n) is 2.24. The van der Waals surface area contributed by atoms with Crippen LogP contribution in [0.4, 0.5) is 0 Å². The standard InChI is InChI=1S/C17H20BrN/c1-12-8-10-15(11-9-12)13(2)19-14(3)16-6-4-5-7-17(16)18/h4-11,13-14,19H,1-3H3/t13-,14?/m1/s1. The van der Waals surface area contributed by atoms with Gasteiger partial charge in [-0.25, -0.2) is 0 Å². The van der Waals surface area contributed by atoms with E-state index in [1.165, 1.54) is 16.7 Å². The molecule has 2 aromatic rings. The molecule has 0 spiro atoms. The number of hydrogen-bond donors (Lipinski definition) is 1. The molecule has 0 aromatic heterocycles. The van der Waals surface area contributed by atoms with Gasteiger partial charge in [-0.15, -0.1) is 0 Å². The van der Waals surface area contributed by atoms with Gasteiger partial charge in [0.25, 0.3) is 0 Å². The van der Waals surface area contributed by atoms with E-state index in [4.69, 9.17) is 0 Å². The molecule has 1 unspecified atom stereocenters. The molecular weight excluding hydrogens is 298 g/mol. The fourth-order valence-corrected chi connectivity index (χ4v) is 2.87. The Labute approximate surface area is 124 Å². The van der Waals surface area contributed by atoms with Crippen molar-refractivity contribution in [3.8, 4) is 0 Å². The van der Waals surface area contributed by atoms with Crippen molar-refractivity contribution in [2.75, 3.05) is 0 Å². The smallest absolute Gasteiger partial charge is 0.0308 e. The van der Waals surface area contributed by atoms with Crippen molar-refractivity contribution in [3.05, 3.63) is 69.7 Å². The Hall–Kier alpha value is -1.12. The summed E-state index contributed by atoms with van der Waals surface area (Å²) in [6.45, 7) is 6.52. The second-order valence-corrected chi connectivity index (χ2v) is 5.90. The second kappa shape index (κ2) is 6.36. The monoisotopic (exact) mass is 317 g/mol. The molecule has 0 aliphatic carbocycles. The minimum Gasteiger partial charge on any atom is -0.304 e. The van der Waals surface area contributed by atoms with E-state index < -0.39 is 0 Å². The number of hydrogen-bond acceptors (Lipinski definition) is 1. The molecule has 2 aromatic carbocycles. The van der Waals surface area contributed by atoms with E-state index in [1.807, 2.05) is 6.07 Å². The van der Waals surface area contributed by atoms with Crippen LogP contribution in [0.1, 0.15) is 42.6 Å². The SMILES string of the molecule is Cc1ccc([C@@H](C)NC(C)c2ccccc2Br)cc1. The minimum atomic E-state index is 0.312. The molecule has 0 saturated heterocycles. The molecule has 0 aliphatic heterocycles. The maximum Gasteiger partial charge on any atom is 0.0308 e. The summed E-state index contributed by atoms with van der Waals surface area (Å²) in [7, 11) is 0. The van der Waals surface area contributed by atoms with E-state index >= 15 is 0 Å². The summed E-state index contributed by atoms with van der Waals surface area (Å²) < 4.78 is 1.16. The van der Waals surface area contributed by atoms with Gasteiger partial charge in [0.1, 0.15) is 0 Å². The summed E-state index contributed by atoms with van der Waals surface area (Å²) in [5.74, 6) is 0. The average Bonchev–Trinajstić information content (AvgIpc) is 2.39. The molecule has 2 rings (SSSR count). The Morgan fingerprint density at radius 2 is 1.53 bits per heavy atom. The van der Waals surface area contributed by atoms with Crippen LogP contribution in [0.3, 0.4) is 0 Å². The summed E-state index contributed by atoms with van der Waals surface area (Å²) in [6, 6.07) is 17.7. The molecule has 19 heavy (non-hydrogen) atoms. The van der Waals surface area contributed by atoms with Gasteiger partial charge in [0, 0.05) is 16.6 Å². The van der Waals surface area contributed by atoms with Crippen molar-refractivity contribution in [2.24, 2.45) is 0 Å². The zero-order valence-corrected chi connectivity index (χ0v) is 13.2. The number of benzene rings is 2. The summed E-state index contributed by atoms with van der Waals surface area (Å²) in [4.78, 5) is 0. The molecule has 0 fully saturated rings. The van der Waals surface area contributed by atoms with Crippen molar-refractivity contribution in [1.82, 2.24) is 5.32 Å². The third kappa shape index (κ3) is 3.68. The summed E-state index contributed by atoms with van der Waals surface area (Å²) in [5.41, 5.74) is 3.92. The van der Waals surface area contributed by atoms with Crippen LogP contribution in [0.25, 0.3) is 0 Å². The van der Waals surface area contributed by atoms with Crippen molar-refractivity contribution < 1.29 is 0 Å². The summed E-state index contributed by atoms with van der Waals surface area (Å²) in [6.07, 6.45) is 0. The molecule has 0 heterocycles. The van der Waals surface area contributed by atoms with Gasteiger partial charge < -0.3 is 5.32 Å². The third-order valence-electron chi connectivity index (χ3n) is 3.45. The molecule has 0 radical (unpaired) electrons. The van der Waals surface area contributed by atoms with E-state index in [2.05, 4.69) is 84.5 Å². The van der Waals surface area contributed by atoms with E-state index in [-0.39, 0.29) is 0 Å². The molecule has 2 atom stereocenters. The highest BCUT2D eigenvalue weighted by atomic mass is 79.9. The molecule has 0 aliphatic rings. The van der Waals surface area contributed by atoms with E-state index in [1.54, 1.807) is 0 Å². The van der Waals surface area contributed by atoms with Crippen molar-refractivity contribution in [1.29, 1.82) is 0 Å². The Morgan fingerprint density at radius 1 is 0.895 bits per heavy atom. The third-order valence-corrected chi connectivity index (χ3v) is 4.17. The van der Waals surface area contributed by atoms with Gasteiger partial charge >= 0.3 is 0 Å². The van der Waals surface area contributed by atoms with Gasteiger partial charge in [-0.05, 0) is 38.0 Å². The quantitative estimate of drug-likeness (QED) is 0.820. The Morgan fingerprint density at radius 3 is 2.16 bits per heavy atom. The first-order valence-electron chi connectivity index (χ1n) is 6.65. The molecule has 1 nitrogen and oxygen atoms in total. The van der Waals surface area contributed by atoms with E-state index in [0.717, 1.165) is 4.47 Å². The predicted molar refractivity (Wildman–Crippen MR) is 85.3 cm³/mol. The number of aryl methyl sites for hydroxylation is 1. The highest BCUT2D eigenvalue weighted by molar-refractivity contribution is 9.10. The zero-order valence-electron chi connectivity index (χ0n) is 11.7. The lowest BCUT2D eigenvalue weighted by Gasteiger charge is -2.21. The molecule has 1 N–H and O–H groups in total. The highest BCUT2D eigenvalue weighted by Crippen LogP contribution is 2.25. The molecule has 2 heteroatoms. The van der Waals surface area contributed by atoms with Gasteiger partial charge in [-0.1, -0.05) is 64.0 Å². The first-order valence-corrected chi connectivity index (χ1v) is 7.44. The van der Waals surface area contributed by atoms with Gasteiger partial charge in [0.05, 0.1) is 0 Å². The van der Waals surface area contributed by atoms with Crippen LogP contribution in [0.5, 0.6) is 0 Å². The fraction of sp³-hybridized carbons (Fsp3) is 0.294. The maximum atomic E-state index is 3.64. The Bertz CT molecular complexity index is 533. The average molecular weight is 318 g/mol. The van der Waals surface area contributed by atoms with Crippen LogP contribution < -0.4 is 5.32 Å². The zero-order chi connectivity index (χ0) is 13.8. The molecule has 100 valence electrons. The minimum absolute atomic E-state index is 0.312. The van der Waals surface area contributed by atoms with Gasteiger partial charge in [-0.3, -0.25) is 0 Å². The van der Waals surface area contributed by atoms with Crippen LogP contribution in [0.2, 0.25) is 0 Å². The highest BCUT2D eigenvalue weighted by Gasteiger charge is 2.12. The topological polar surface area (TPSA) is 12.0 Å². The van der Waals surface area contributed by atoms with Crippen LogP contribution >= 0.6 is 15.9 Å². The van der Waals surface area contributed by atoms with Crippen LogP contribution in [-0.4, -0.2) is 0 Å². The lowest BCUT2D eigenvalue weighted by atomic mass is 10.0. The van der Waals surface area contributed by atoms with Crippen molar-refractivity contribution in [2.45, 2.75) is 32.9 Å². The summed E-state index contributed by atoms with van der Waals surface area (Å²) in [5, 5.41) is 3.64. The van der Waals surface area contributed by atoms with Gasteiger partial charge in [-0.2, -0.15) is 0 Å². The molecular formula is C17H20BrN. The van der Waals surface area contributed by atoms with Gasteiger partial charge in [0.2, 0.25) is 0 Å². The van der Waals surface area contributed by atoms with Crippen molar-refractivity contribution in [3.63, 3.8) is 0 Å². The number of rotatable bonds is 4. The van der Waals surface area contributed by atoms with Crippen LogP contribution in [-0.2, 0) is 0 Å². The van der Waals surface area contributed by atoms with E-state index in [0.29, 0.717) is 12.1 Å². The largest absolute Gasteiger partial charge is 0.304 e. The second-order valence-electron chi connectivity index (χ2n) is 5.04. The maximum absolute atomic E-state index is 3.64. The predicted octanol–water partition coefficient (Wildman–Crippen LogP) is 5.17. The molecule has 0 saturated carbocycles. The molecule has 0 bridgehead atoms.